The molecule has 6 nitrogen and oxygen atoms in total. The largest absolute Gasteiger partial charge is 0.443 e. The molecule has 0 bridgehead atoms. The predicted octanol–water partition coefficient (Wildman–Crippen LogP) is 2.21. The minimum Gasteiger partial charge on any atom is -0.443 e. The fourth-order valence-corrected chi connectivity index (χ4v) is 2.55. The van der Waals surface area contributed by atoms with Gasteiger partial charge < -0.3 is 20.0 Å². The molecule has 1 atom stereocenters. The van der Waals surface area contributed by atoms with Crippen molar-refractivity contribution in [1.82, 2.24) is 20.5 Å². The van der Waals surface area contributed by atoms with Gasteiger partial charge in [-0.15, -0.1) is 24.0 Å². The minimum atomic E-state index is -0.0142. The molecule has 0 spiro atoms. The van der Waals surface area contributed by atoms with Gasteiger partial charge in [0.15, 0.2) is 5.96 Å². The van der Waals surface area contributed by atoms with Crippen LogP contribution in [0.4, 0.5) is 0 Å². The second kappa shape index (κ2) is 8.86. The number of likely N-dealkylation sites (tertiary alicyclic amines) is 1. The predicted molar refractivity (Wildman–Crippen MR) is 104 cm³/mol. The summed E-state index contributed by atoms with van der Waals surface area (Å²) in [6, 6.07) is 0. The van der Waals surface area contributed by atoms with Gasteiger partial charge in [0.25, 0.3) is 0 Å². The molecule has 1 aromatic heterocycles. The number of hydrogen-bond acceptors (Lipinski definition) is 4. The SMILES string of the molecule is CN=C(NCc1ncc(C(C)(C)C)o1)NCC1CCN(C)C1.I. The van der Waals surface area contributed by atoms with Crippen molar-refractivity contribution in [3.8, 4) is 0 Å². The topological polar surface area (TPSA) is 65.7 Å². The van der Waals surface area contributed by atoms with Crippen LogP contribution >= 0.6 is 24.0 Å². The number of rotatable bonds is 4. The molecule has 0 radical (unpaired) electrons. The first kappa shape index (κ1) is 20.2. The molecule has 2 heterocycles. The third-order valence-electron chi connectivity index (χ3n) is 3.97. The van der Waals surface area contributed by atoms with Gasteiger partial charge in [-0.25, -0.2) is 4.98 Å². The van der Waals surface area contributed by atoms with E-state index in [4.69, 9.17) is 4.42 Å². The maximum atomic E-state index is 5.77. The Hall–Kier alpha value is -0.830. The van der Waals surface area contributed by atoms with Crippen molar-refractivity contribution in [2.45, 2.75) is 39.2 Å². The van der Waals surface area contributed by atoms with E-state index in [2.05, 4.69) is 53.3 Å². The number of halogens is 1. The summed E-state index contributed by atoms with van der Waals surface area (Å²) in [6.07, 6.45) is 3.05. The average molecular weight is 435 g/mol. The number of aliphatic imine (C=N–C) groups is 1. The number of aromatic nitrogens is 1. The molecule has 1 aliphatic heterocycles. The Bertz CT molecular complexity index is 509. The van der Waals surface area contributed by atoms with E-state index in [1.807, 2.05) is 6.20 Å². The maximum absolute atomic E-state index is 5.77. The van der Waals surface area contributed by atoms with Crippen LogP contribution in [0.15, 0.2) is 15.6 Å². The van der Waals surface area contributed by atoms with Gasteiger partial charge in [0, 0.05) is 25.6 Å². The van der Waals surface area contributed by atoms with Crippen LogP contribution in [0, 0.1) is 5.92 Å². The first-order chi connectivity index (χ1) is 10.4. The van der Waals surface area contributed by atoms with Crippen molar-refractivity contribution in [3.63, 3.8) is 0 Å². The van der Waals surface area contributed by atoms with Gasteiger partial charge in [0.05, 0.1) is 12.7 Å². The normalized spacial score (nSPS) is 19.5. The summed E-state index contributed by atoms with van der Waals surface area (Å²) < 4.78 is 5.77. The Morgan fingerprint density at radius 1 is 1.43 bits per heavy atom. The first-order valence-corrected chi connectivity index (χ1v) is 7.96. The Labute approximate surface area is 156 Å². The Morgan fingerprint density at radius 3 is 2.70 bits per heavy atom. The molecule has 2 N–H and O–H groups in total. The quantitative estimate of drug-likeness (QED) is 0.432. The molecule has 1 aliphatic rings. The van der Waals surface area contributed by atoms with Crippen LogP contribution in [0.5, 0.6) is 0 Å². The van der Waals surface area contributed by atoms with Crippen LogP contribution in [-0.4, -0.2) is 49.6 Å². The summed E-state index contributed by atoms with van der Waals surface area (Å²) in [6.45, 7) is 10.2. The third-order valence-corrected chi connectivity index (χ3v) is 3.97. The van der Waals surface area contributed by atoms with Crippen molar-refractivity contribution in [1.29, 1.82) is 0 Å². The van der Waals surface area contributed by atoms with E-state index in [-0.39, 0.29) is 29.4 Å². The summed E-state index contributed by atoms with van der Waals surface area (Å²) in [4.78, 5) is 10.9. The van der Waals surface area contributed by atoms with E-state index in [0.29, 0.717) is 18.4 Å². The van der Waals surface area contributed by atoms with E-state index < -0.39 is 0 Å². The van der Waals surface area contributed by atoms with E-state index in [1.165, 1.54) is 13.0 Å². The molecular formula is C16H30IN5O. The molecular weight excluding hydrogens is 405 g/mol. The fraction of sp³-hybridized carbons (Fsp3) is 0.750. The zero-order valence-corrected chi connectivity index (χ0v) is 17.2. The van der Waals surface area contributed by atoms with Crippen molar-refractivity contribution in [2.75, 3.05) is 33.7 Å². The molecule has 1 fully saturated rings. The summed E-state index contributed by atoms with van der Waals surface area (Å²) in [5, 5.41) is 6.64. The van der Waals surface area contributed by atoms with Crippen molar-refractivity contribution >= 4 is 29.9 Å². The number of nitrogens with one attached hydrogen (secondary N) is 2. The van der Waals surface area contributed by atoms with Gasteiger partial charge >= 0.3 is 0 Å². The molecule has 0 aliphatic carbocycles. The first-order valence-electron chi connectivity index (χ1n) is 7.96. The van der Waals surface area contributed by atoms with Crippen molar-refractivity contribution in [3.05, 3.63) is 17.8 Å². The lowest BCUT2D eigenvalue weighted by molar-refractivity contribution is 0.379. The van der Waals surface area contributed by atoms with Gasteiger partial charge in [-0.3, -0.25) is 4.99 Å². The summed E-state index contributed by atoms with van der Waals surface area (Å²) in [5.41, 5.74) is -0.0142. The minimum absolute atomic E-state index is 0. The summed E-state index contributed by atoms with van der Waals surface area (Å²) >= 11 is 0. The zero-order valence-electron chi connectivity index (χ0n) is 14.8. The smallest absolute Gasteiger partial charge is 0.213 e. The van der Waals surface area contributed by atoms with E-state index in [9.17, 15) is 0 Å². The van der Waals surface area contributed by atoms with Crippen LogP contribution in [0.1, 0.15) is 38.8 Å². The highest BCUT2D eigenvalue weighted by atomic mass is 127. The molecule has 23 heavy (non-hydrogen) atoms. The van der Waals surface area contributed by atoms with E-state index in [0.717, 1.165) is 24.8 Å². The number of hydrogen-bond donors (Lipinski definition) is 2. The zero-order chi connectivity index (χ0) is 16.2. The maximum Gasteiger partial charge on any atom is 0.213 e. The summed E-state index contributed by atoms with van der Waals surface area (Å²) in [5.74, 6) is 3.08. The highest BCUT2D eigenvalue weighted by molar-refractivity contribution is 14.0. The molecule has 1 aromatic rings. The number of oxazole rings is 1. The van der Waals surface area contributed by atoms with Crippen molar-refractivity contribution < 1.29 is 4.42 Å². The summed E-state index contributed by atoms with van der Waals surface area (Å²) in [7, 11) is 3.95. The Kier molecular flexibility index (Phi) is 7.79. The van der Waals surface area contributed by atoms with Crippen molar-refractivity contribution in [2.24, 2.45) is 10.9 Å². The number of nitrogens with zero attached hydrogens (tertiary/aromatic N) is 3. The van der Waals surface area contributed by atoms with E-state index >= 15 is 0 Å². The molecule has 0 aromatic carbocycles. The lowest BCUT2D eigenvalue weighted by atomic mass is 9.94. The lowest BCUT2D eigenvalue weighted by Gasteiger charge is -2.15. The van der Waals surface area contributed by atoms with Gasteiger partial charge in [0.2, 0.25) is 5.89 Å². The Morgan fingerprint density at radius 2 is 2.17 bits per heavy atom. The van der Waals surface area contributed by atoms with Crippen LogP contribution in [0.3, 0.4) is 0 Å². The molecule has 1 unspecified atom stereocenters. The van der Waals surface area contributed by atoms with Crippen LogP contribution in [-0.2, 0) is 12.0 Å². The van der Waals surface area contributed by atoms with Gasteiger partial charge in [0.1, 0.15) is 5.76 Å². The molecule has 132 valence electrons. The van der Waals surface area contributed by atoms with Crippen LogP contribution in [0.25, 0.3) is 0 Å². The highest BCUT2D eigenvalue weighted by Gasteiger charge is 2.20. The van der Waals surface area contributed by atoms with Crippen LogP contribution < -0.4 is 10.6 Å². The lowest BCUT2D eigenvalue weighted by Crippen LogP contribution is -2.39. The Balaban J connectivity index is 0.00000264. The monoisotopic (exact) mass is 435 g/mol. The van der Waals surface area contributed by atoms with Crippen LogP contribution in [0.2, 0.25) is 0 Å². The standard InChI is InChI=1S/C16H29N5O.HI/c1-16(2,3)13-9-18-14(22-13)10-20-15(17-4)19-8-12-6-7-21(5)11-12;/h9,12H,6-8,10-11H2,1-5H3,(H2,17,19,20);1H. The van der Waals surface area contributed by atoms with Gasteiger partial charge in [-0.05, 0) is 25.9 Å². The molecule has 0 amide bonds. The third kappa shape index (κ3) is 6.29. The van der Waals surface area contributed by atoms with E-state index in [1.54, 1.807) is 7.05 Å². The number of guanidine groups is 1. The molecule has 0 saturated carbocycles. The fourth-order valence-electron chi connectivity index (χ4n) is 2.55. The molecule has 7 heteroatoms. The highest BCUT2D eigenvalue weighted by Crippen LogP contribution is 2.22. The van der Waals surface area contributed by atoms with Gasteiger partial charge in [-0.2, -0.15) is 0 Å². The second-order valence-corrected chi connectivity index (χ2v) is 7.09. The molecule has 2 rings (SSSR count). The van der Waals surface area contributed by atoms with Gasteiger partial charge in [-0.1, -0.05) is 20.8 Å². The second-order valence-electron chi connectivity index (χ2n) is 7.09. The molecule has 1 saturated heterocycles. The average Bonchev–Trinajstić information content (AvgIpc) is 3.07.